The Morgan fingerprint density at radius 3 is 2.76 bits per heavy atom. The Balaban J connectivity index is 2.18. The summed E-state index contributed by atoms with van der Waals surface area (Å²) in [7, 11) is -3.54. The van der Waals surface area contributed by atoms with Crippen LogP contribution in [0.15, 0.2) is 34.7 Å². The van der Waals surface area contributed by atoms with Gasteiger partial charge in [0.15, 0.2) is 0 Å². The zero-order chi connectivity index (χ0) is 12.3. The lowest BCUT2D eigenvalue weighted by Gasteiger charge is -2.01. The average Bonchev–Trinajstić information content (AvgIpc) is 2.67. The normalized spacial score (nSPS) is 11.8. The highest BCUT2D eigenvalue weighted by atomic mass is 32.2. The molecule has 1 aromatic carbocycles. The van der Waals surface area contributed by atoms with E-state index in [-0.39, 0.29) is 11.7 Å². The Kier molecular flexibility index (Phi) is 3.38. The quantitative estimate of drug-likeness (QED) is 0.770. The maximum absolute atomic E-state index is 11.6. The molecule has 0 bridgehead atoms. The molecule has 2 aromatic rings. The molecule has 0 atom stereocenters. The first kappa shape index (κ1) is 12.0. The van der Waals surface area contributed by atoms with E-state index in [0.717, 1.165) is 11.8 Å². The summed E-state index contributed by atoms with van der Waals surface area (Å²) in [6.45, 7) is 1.93. The average molecular weight is 254 g/mol. The van der Waals surface area contributed by atoms with E-state index < -0.39 is 10.1 Å². The molecule has 0 saturated carbocycles. The standard InChI is InChI=1S/C12H14O4S/c1-2-3-8-17(13,14)16-12-9-10-6-4-5-7-11(10)15-12/h4-7,9H,2-3,8H2,1H3. The fraction of sp³-hybridized carbons (Fsp3) is 0.333. The first-order valence-corrected chi connectivity index (χ1v) is 7.09. The number of benzene rings is 1. The van der Waals surface area contributed by atoms with Crippen molar-refractivity contribution in [1.82, 2.24) is 0 Å². The van der Waals surface area contributed by atoms with Crippen LogP contribution in [-0.2, 0) is 10.1 Å². The molecule has 0 aliphatic rings. The summed E-state index contributed by atoms with van der Waals surface area (Å²) in [5, 5.41) is 0.827. The van der Waals surface area contributed by atoms with Crippen molar-refractivity contribution in [3.63, 3.8) is 0 Å². The number of furan rings is 1. The van der Waals surface area contributed by atoms with Crippen LogP contribution in [0.2, 0.25) is 0 Å². The van der Waals surface area contributed by atoms with E-state index in [9.17, 15) is 8.42 Å². The molecule has 0 radical (unpaired) electrons. The highest BCUT2D eigenvalue weighted by molar-refractivity contribution is 7.87. The van der Waals surface area contributed by atoms with Crippen molar-refractivity contribution in [1.29, 1.82) is 0 Å². The summed E-state index contributed by atoms with van der Waals surface area (Å²) >= 11 is 0. The van der Waals surface area contributed by atoms with E-state index in [1.165, 1.54) is 0 Å². The highest BCUT2D eigenvalue weighted by Crippen LogP contribution is 2.25. The Hall–Kier alpha value is -1.49. The molecule has 2 rings (SSSR count). The third kappa shape index (κ3) is 3.00. The molecule has 0 fully saturated rings. The second-order valence-electron chi connectivity index (χ2n) is 3.80. The SMILES string of the molecule is CCCCS(=O)(=O)Oc1cc2ccccc2o1. The van der Waals surface area contributed by atoms with Gasteiger partial charge in [0.25, 0.3) is 0 Å². The van der Waals surface area contributed by atoms with Crippen LogP contribution in [0.5, 0.6) is 5.95 Å². The molecule has 0 unspecified atom stereocenters. The van der Waals surface area contributed by atoms with Gasteiger partial charge >= 0.3 is 16.1 Å². The van der Waals surface area contributed by atoms with Gasteiger partial charge in [0.05, 0.1) is 5.75 Å². The first-order chi connectivity index (χ1) is 8.11. The Labute approximate surface area is 100 Å². The predicted octanol–water partition coefficient (Wildman–Crippen LogP) is 2.94. The van der Waals surface area contributed by atoms with E-state index in [4.69, 9.17) is 8.60 Å². The third-order valence-electron chi connectivity index (χ3n) is 2.36. The lowest BCUT2D eigenvalue weighted by atomic mass is 10.3. The summed E-state index contributed by atoms with van der Waals surface area (Å²) < 4.78 is 33.3. The minimum atomic E-state index is -3.54. The van der Waals surface area contributed by atoms with Crippen LogP contribution in [0.3, 0.4) is 0 Å². The monoisotopic (exact) mass is 254 g/mol. The first-order valence-electron chi connectivity index (χ1n) is 5.51. The van der Waals surface area contributed by atoms with Gasteiger partial charge in [-0.1, -0.05) is 31.5 Å². The van der Waals surface area contributed by atoms with Crippen LogP contribution < -0.4 is 4.18 Å². The zero-order valence-corrected chi connectivity index (χ0v) is 10.4. The minimum Gasteiger partial charge on any atom is -0.425 e. The number of para-hydroxylation sites is 1. The van der Waals surface area contributed by atoms with Crippen molar-refractivity contribution in [2.75, 3.05) is 5.75 Å². The third-order valence-corrected chi connectivity index (χ3v) is 3.57. The van der Waals surface area contributed by atoms with Gasteiger partial charge in [-0.3, -0.25) is 0 Å². The van der Waals surface area contributed by atoms with Crippen LogP contribution >= 0.6 is 0 Å². The maximum Gasteiger partial charge on any atom is 0.311 e. The van der Waals surface area contributed by atoms with Crippen molar-refractivity contribution in [2.24, 2.45) is 0 Å². The van der Waals surface area contributed by atoms with Crippen molar-refractivity contribution in [2.45, 2.75) is 19.8 Å². The molecular weight excluding hydrogens is 240 g/mol. The second-order valence-corrected chi connectivity index (χ2v) is 5.49. The van der Waals surface area contributed by atoms with Crippen molar-refractivity contribution in [3.8, 4) is 5.95 Å². The Bertz CT molecular complexity index is 565. The molecule has 0 N–H and O–H groups in total. The van der Waals surface area contributed by atoms with Gasteiger partial charge in [0.2, 0.25) is 0 Å². The largest absolute Gasteiger partial charge is 0.425 e. The summed E-state index contributed by atoms with van der Waals surface area (Å²) in [4.78, 5) is 0. The second kappa shape index (κ2) is 4.79. The van der Waals surface area contributed by atoms with Crippen LogP contribution in [0.4, 0.5) is 0 Å². The fourth-order valence-corrected chi connectivity index (χ4v) is 2.54. The Morgan fingerprint density at radius 2 is 2.06 bits per heavy atom. The van der Waals surface area contributed by atoms with Gasteiger partial charge < -0.3 is 8.60 Å². The van der Waals surface area contributed by atoms with Crippen molar-refractivity contribution >= 4 is 21.1 Å². The van der Waals surface area contributed by atoms with E-state index in [2.05, 4.69) is 0 Å². The molecule has 0 amide bonds. The number of fused-ring (bicyclic) bond motifs is 1. The molecule has 0 spiro atoms. The number of hydrogen-bond donors (Lipinski definition) is 0. The van der Waals surface area contributed by atoms with E-state index in [0.29, 0.717) is 12.0 Å². The van der Waals surface area contributed by atoms with Crippen LogP contribution in [0.1, 0.15) is 19.8 Å². The summed E-state index contributed by atoms with van der Waals surface area (Å²) in [6.07, 6.45) is 1.39. The summed E-state index contributed by atoms with van der Waals surface area (Å²) in [5.74, 6) is 0.0443. The lowest BCUT2D eigenvalue weighted by molar-refractivity contribution is 0.396. The van der Waals surface area contributed by atoms with Gasteiger partial charge in [-0.2, -0.15) is 8.42 Å². The molecule has 1 aromatic heterocycles. The van der Waals surface area contributed by atoms with Crippen molar-refractivity contribution < 1.29 is 17.0 Å². The van der Waals surface area contributed by atoms with Crippen LogP contribution in [0, 0.1) is 0 Å². The number of hydrogen-bond acceptors (Lipinski definition) is 4. The van der Waals surface area contributed by atoms with Crippen LogP contribution in [-0.4, -0.2) is 14.2 Å². The minimum absolute atomic E-state index is 0.0144. The van der Waals surface area contributed by atoms with Gasteiger partial charge in [-0.15, -0.1) is 0 Å². The van der Waals surface area contributed by atoms with Gasteiger partial charge in [-0.25, -0.2) is 0 Å². The van der Waals surface area contributed by atoms with Crippen molar-refractivity contribution in [3.05, 3.63) is 30.3 Å². The maximum atomic E-state index is 11.6. The van der Waals surface area contributed by atoms with Gasteiger partial charge in [0, 0.05) is 11.5 Å². The molecule has 0 saturated heterocycles. The fourth-order valence-electron chi connectivity index (χ4n) is 1.49. The predicted molar refractivity (Wildman–Crippen MR) is 65.5 cm³/mol. The molecule has 5 heteroatoms. The number of rotatable bonds is 5. The van der Waals surface area contributed by atoms with E-state index in [1.807, 2.05) is 25.1 Å². The van der Waals surface area contributed by atoms with E-state index in [1.54, 1.807) is 12.1 Å². The molecule has 4 nitrogen and oxygen atoms in total. The Morgan fingerprint density at radius 1 is 1.29 bits per heavy atom. The molecule has 0 aliphatic heterocycles. The lowest BCUT2D eigenvalue weighted by Crippen LogP contribution is -2.13. The summed E-state index contributed by atoms with van der Waals surface area (Å²) in [6, 6.07) is 8.86. The topological polar surface area (TPSA) is 56.5 Å². The van der Waals surface area contributed by atoms with Gasteiger partial charge in [-0.05, 0) is 12.5 Å². The smallest absolute Gasteiger partial charge is 0.311 e. The van der Waals surface area contributed by atoms with Gasteiger partial charge in [0.1, 0.15) is 5.58 Å². The molecule has 92 valence electrons. The zero-order valence-electron chi connectivity index (χ0n) is 9.55. The summed E-state index contributed by atoms with van der Waals surface area (Å²) in [5.41, 5.74) is 0.619. The molecular formula is C12H14O4S. The van der Waals surface area contributed by atoms with E-state index >= 15 is 0 Å². The molecule has 0 aliphatic carbocycles. The number of unbranched alkanes of at least 4 members (excludes halogenated alkanes) is 1. The van der Waals surface area contributed by atoms with Crippen LogP contribution in [0.25, 0.3) is 11.0 Å². The molecule has 17 heavy (non-hydrogen) atoms. The highest BCUT2D eigenvalue weighted by Gasteiger charge is 2.15. The molecule has 1 heterocycles.